The fourth-order valence-electron chi connectivity index (χ4n) is 12.3. The van der Waals surface area contributed by atoms with Crippen LogP contribution in [0.4, 0.5) is 23.0 Å². The van der Waals surface area contributed by atoms with Gasteiger partial charge in [-0.25, -0.2) is 0 Å². The summed E-state index contributed by atoms with van der Waals surface area (Å²) in [5.41, 5.74) is 9.27. The number of carbonyl (C=O) groups is 2. The Balaban J connectivity index is 0.000000131. The number of anilines is 2. The van der Waals surface area contributed by atoms with E-state index in [1.54, 1.807) is 53.7 Å². The lowest BCUT2D eigenvalue weighted by Gasteiger charge is -2.10. The molecule has 27 heteroatoms. The lowest BCUT2D eigenvalue weighted by molar-refractivity contribution is -0.384. The van der Waals surface area contributed by atoms with E-state index >= 15 is 0 Å². The largest absolute Gasteiger partial charge is 0.497 e. The Hall–Kier alpha value is -13.6. The molecule has 0 saturated heterocycles. The number of nitrogens with one attached hydrogen (secondary N) is 2. The van der Waals surface area contributed by atoms with Gasteiger partial charge in [0.25, 0.3) is 17.3 Å². The summed E-state index contributed by atoms with van der Waals surface area (Å²) in [7, 11) is 3.36. The molecule has 0 spiro atoms. The predicted octanol–water partition coefficient (Wildman–Crippen LogP) is 16.3. The van der Waals surface area contributed by atoms with E-state index in [0.717, 1.165) is 111 Å². The maximum absolute atomic E-state index is 12.5. The Labute approximate surface area is 596 Å². The average molecular weight is 1400 g/mol. The van der Waals surface area contributed by atoms with Crippen molar-refractivity contribution in [2.24, 2.45) is 0 Å². The average Bonchev–Trinajstić information content (AvgIpc) is 1.63. The molecular weight excluding hydrogens is 1320 g/mol. The standard InChI is InChI=1S/C18H14N4O3.C16H17N3O2.C15H17N3O2.C15H13N3.C13H12N4O3/c1-2-21-16-10-13(22(24)25)8-9-14(16)15(11-19)17(21)20-18(23)12-6-4-3-5-7-12;1-3-19-9-13(12-7-6-11(20-2)8-14(12)19)15-17-16(21-18-15)10-4-5-10;1-4-14-16-15(17-20-14)12-9-18(5-2)13-8-10(19-3)6-7-11(12)13;1-2-17-11-12(10-16)14-6-5-13(9-15(14)17)18-7-3-4-8-18;1-3-16-12-6-9(17(19)20)4-5-10(12)11(7-14)13(16)15-8(2)18/h3-10H,2H2,1H3,(H,20,23);6-10H,3-5H2,1-2H3;6-9H,4-5H2,1-3H3;3-9,11H,2H2,1H3;4-6H,3H2,1-2H3,(H,15,18). The number of benzene rings is 6. The smallest absolute Gasteiger partial charge is 0.271 e. The molecule has 1 fully saturated rings. The highest BCUT2D eigenvalue weighted by atomic mass is 16.6. The second-order valence-corrected chi connectivity index (χ2v) is 23.8. The molecule has 2 amide bonds. The lowest BCUT2D eigenvalue weighted by atomic mass is 10.1. The number of rotatable bonds is 17. The third kappa shape index (κ3) is 14.8. The van der Waals surface area contributed by atoms with Gasteiger partial charge in [-0.05, 0) is 126 Å². The second-order valence-electron chi connectivity index (χ2n) is 23.8. The number of nitriles is 3. The number of aromatic nitrogens is 10. The third-order valence-corrected chi connectivity index (χ3v) is 17.6. The number of nitro groups is 2. The van der Waals surface area contributed by atoms with Gasteiger partial charge in [0.1, 0.15) is 52.5 Å². The molecule has 1 saturated carbocycles. The van der Waals surface area contributed by atoms with Crippen molar-refractivity contribution >= 4 is 89.3 Å². The van der Waals surface area contributed by atoms with Crippen molar-refractivity contribution in [3.63, 3.8) is 0 Å². The Kier molecular flexibility index (Phi) is 21.9. The van der Waals surface area contributed by atoms with Crippen molar-refractivity contribution in [1.29, 1.82) is 15.8 Å². The predicted molar refractivity (Wildman–Crippen MR) is 395 cm³/mol. The van der Waals surface area contributed by atoms with E-state index in [9.17, 15) is 40.3 Å². The molecular formula is C77H73N17O10. The maximum Gasteiger partial charge on any atom is 0.271 e. The summed E-state index contributed by atoms with van der Waals surface area (Å²) < 4.78 is 33.1. The highest BCUT2D eigenvalue weighted by Gasteiger charge is 2.31. The van der Waals surface area contributed by atoms with Gasteiger partial charge in [-0.2, -0.15) is 25.8 Å². The van der Waals surface area contributed by atoms with Crippen molar-refractivity contribution in [1.82, 2.24) is 47.7 Å². The minimum Gasteiger partial charge on any atom is -0.497 e. The van der Waals surface area contributed by atoms with Gasteiger partial charge in [0.15, 0.2) is 0 Å². The summed E-state index contributed by atoms with van der Waals surface area (Å²) in [6.45, 7) is 16.9. The molecule has 0 atom stereocenters. The summed E-state index contributed by atoms with van der Waals surface area (Å²) in [5, 5.41) is 67.8. The molecule has 8 heterocycles. The van der Waals surface area contributed by atoms with E-state index in [1.165, 1.54) is 43.3 Å². The molecule has 0 bridgehead atoms. The van der Waals surface area contributed by atoms with E-state index in [2.05, 4.69) is 107 Å². The number of methoxy groups -OCH3 is 2. The first-order valence-electron chi connectivity index (χ1n) is 33.7. The van der Waals surface area contributed by atoms with Crippen LogP contribution in [0.2, 0.25) is 0 Å². The van der Waals surface area contributed by atoms with Crippen molar-refractivity contribution < 1.29 is 38.0 Å². The van der Waals surface area contributed by atoms with Gasteiger partial charge < -0.3 is 56.6 Å². The molecule has 2 N–H and O–H groups in total. The summed E-state index contributed by atoms with van der Waals surface area (Å²) in [5.74, 6) is 5.01. The number of hydrogen-bond acceptors (Lipinski definition) is 17. The Morgan fingerprint density at radius 2 is 1.05 bits per heavy atom. The van der Waals surface area contributed by atoms with Crippen LogP contribution in [0.3, 0.4) is 0 Å². The minimum atomic E-state index is -0.490. The van der Waals surface area contributed by atoms with Gasteiger partial charge in [0.2, 0.25) is 29.3 Å². The van der Waals surface area contributed by atoms with Crippen molar-refractivity contribution in [2.45, 2.75) is 106 Å². The summed E-state index contributed by atoms with van der Waals surface area (Å²) in [6.07, 6.45) is 13.2. The summed E-state index contributed by atoms with van der Waals surface area (Å²) >= 11 is 0. The number of nitro benzene ring substituents is 2. The van der Waals surface area contributed by atoms with Gasteiger partial charge in [-0.1, -0.05) is 35.4 Å². The zero-order chi connectivity index (χ0) is 73.9. The van der Waals surface area contributed by atoms with Gasteiger partial charge >= 0.3 is 0 Å². The number of nitrogens with zero attached hydrogens (tertiary/aromatic N) is 15. The Morgan fingerprint density at radius 3 is 1.51 bits per heavy atom. The lowest BCUT2D eigenvalue weighted by Crippen LogP contribution is -2.15. The molecule has 6 aromatic carbocycles. The number of non-ortho nitro benzene ring substituents is 2. The Bertz CT molecular complexity index is 5650. The van der Waals surface area contributed by atoms with Crippen LogP contribution in [0.15, 0.2) is 173 Å². The highest BCUT2D eigenvalue weighted by Crippen LogP contribution is 2.41. The zero-order valence-corrected chi connectivity index (χ0v) is 58.6. The summed E-state index contributed by atoms with van der Waals surface area (Å²) in [6, 6.07) is 45.9. The van der Waals surface area contributed by atoms with Crippen LogP contribution in [0.25, 0.3) is 83.0 Å². The molecule has 14 aromatic rings. The van der Waals surface area contributed by atoms with Crippen LogP contribution in [0.5, 0.6) is 11.5 Å². The van der Waals surface area contributed by atoms with Gasteiger partial charge in [-0.3, -0.25) is 29.8 Å². The molecule has 15 rings (SSSR count). The van der Waals surface area contributed by atoms with E-state index < -0.39 is 9.85 Å². The number of amides is 2. The van der Waals surface area contributed by atoms with Crippen LogP contribution < -0.4 is 20.1 Å². The molecule has 104 heavy (non-hydrogen) atoms. The second kappa shape index (κ2) is 31.7. The molecule has 27 nitrogen and oxygen atoms in total. The van der Waals surface area contributed by atoms with Crippen molar-refractivity contribution in [3.8, 4) is 58.2 Å². The third-order valence-electron chi connectivity index (χ3n) is 17.6. The fourth-order valence-corrected chi connectivity index (χ4v) is 12.3. The van der Waals surface area contributed by atoms with E-state index in [1.807, 2.05) is 100 Å². The van der Waals surface area contributed by atoms with Crippen LogP contribution in [0.1, 0.15) is 106 Å². The van der Waals surface area contributed by atoms with Crippen LogP contribution in [-0.4, -0.2) is 83.6 Å². The topological polar surface area (TPSA) is 342 Å². The van der Waals surface area contributed by atoms with Crippen molar-refractivity contribution in [3.05, 3.63) is 219 Å². The number of aryl methyl sites for hydroxylation is 6. The normalized spacial score (nSPS) is 11.4. The number of ether oxygens (including phenoxy) is 2. The van der Waals surface area contributed by atoms with E-state index in [0.29, 0.717) is 81.1 Å². The van der Waals surface area contributed by atoms with Gasteiger partial charge in [0, 0.05) is 169 Å². The first-order valence-corrected chi connectivity index (χ1v) is 33.7. The number of fused-ring (bicyclic) bond motifs is 5. The van der Waals surface area contributed by atoms with Crippen molar-refractivity contribution in [2.75, 3.05) is 24.9 Å². The van der Waals surface area contributed by atoms with Gasteiger partial charge in [-0.15, -0.1) is 0 Å². The molecule has 526 valence electrons. The fraction of sp³-hybridized carbons (Fsp3) is 0.234. The van der Waals surface area contributed by atoms with Gasteiger partial charge in [0.05, 0.1) is 57.2 Å². The molecule has 0 unspecified atom stereocenters. The molecule has 1 aliphatic rings. The highest BCUT2D eigenvalue weighted by molar-refractivity contribution is 6.07. The first kappa shape index (κ1) is 71.7. The SMILES string of the molecule is CCc1nc(-c2cn(CC)c3cc(OC)ccc23)no1.CCn1c(NC(=O)c2ccccc2)c(C#N)c2ccc([N+](=O)[O-])cc21.CCn1c(NC(C)=O)c(C#N)c2ccc([N+](=O)[O-])cc21.CCn1cc(-c2noc(C3CC3)n2)c2ccc(OC)cc21.CCn1cc(C#N)c2ccc(-n3cccc3)cc21. The molecule has 8 aromatic heterocycles. The Morgan fingerprint density at radius 1 is 0.558 bits per heavy atom. The number of carbonyl (C=O) groups excluding carboxylic acids is 2. The summed E-state index contributed by atoms with van der Waals surface area (Å²) in [4.78, 5) is 53.6. The maximum atomic E-state index is 12.5. The molecule has 0 radical (unpaired) electrons. The minimum absolute atomic E-state index is 0.0523. The monoisotopic (exact) mass is 1400 g/mol. The zero-order valence-electron chi connectivity index (χ0n) is 58.6. The molecule has 1 aliphatic carbocycles. The quantitative estimate of drug-likeness (QED) is 0.0631. The first-order chi connectivity index (χ1) is 50.4. The van der Waals surface area contributed by atoms with Crippen LogP contribution >= 0.6 is 0 Å². The van der Waals surface area contributed by atoms with Crippen LogP contribution in [0, 0.1) is 54.2 Å². The molecule has 0 aliphatic heterocycles. The van der Waals surface area contributed by atoms with E-state index in [-0.39, 0.29) is 28.8 Å². The van der Waals surface area contributed by atoms with Crippen LogP contribution in [-0.2, 0) is 43.9 Å². The van der Waals surface area contributed by atoms with E-state index in [4.69, 9.17) is 23.8 Å². The number of hydrogen-bond donors (Lipinski definition) is 2.